The Hall–Kier alpha value is -1.78. The third-order valence-electron chi connectivity index (χ3n) is 1.40. The first-order valence-corrected chi connectivity index (χ1v) is 4.52. The molecule has 0 aliphatic carbocycles. The first-order valence-electron chi connectivity index (χ1n) is 4.52. The highest BCUT2D eigenvalue weighted by atomic mass is 16.5. The molecule has 5 nitrogen and oxygen atoms in total. The van der Waals surface area contributed by atoms with Gasteiger partial charge in [-0.2, -0.15) is 0 Å². The zero-order valence-electron chi connectivity index (χ0n) is 8.26. The van der Waals surface area contributed by atoms with E-state index >= 15 is 0 Å². The van der Waals surface area contributed by atoms with Gasteiger partial charge in [-0.05, 0) is 25.0 Å². The van der Waals surface area contributed by atoms with Crippen molar-refractivity contribution in [3.8, 4) is 0 Å². The van der Waals surface area contributed by atoms with Gasteiger partial charge in [0.2, 0.25) is 0 Å². The van der Waals surface area contributed by atoms with Crippen LogP contribution >= 0.6 is 0 Å². The number of carboxylic acids is 2. The highest BCUT2D eigenvalue weighted by Crippen LogP contribution is 1.94. The van der Waals surface area contributed by atoms with Crippen molar-refractivity contribution in [1.29, 1.82) is 0 Å². The Balaban J connectivity index is 3.36. The summed E-state index contributed by atoms with van der Waals surface area (Å²) in [6.07, 6.45) is 6.91. The Morgan fingerprint density at radius 1 is 0.933 bits per heavy atom. The summed E-state index contributed by atoms with van der Waals surface area (Å²) < 4.78 is 4.85. The molecule has 0 aromatic carbocycles. The topological polar surface area (TPSA) is 83.8 Å². The van der Waals surface area contributed by atoms with Gasteiger partial charge in [-0.1, -0.05) is 0 Å². The van der Waals surface area contributed by atoms with Crippen LogP contribution in [0.4, 0.5) is 0 Å². The molecule has 0 aromatic heterocycles. The van der Waals surface area contributed by atoms with Gasteiger partial charge < -0.3 is 14.9 Å². The molecule has 0 radical (unpaired) electrons. The summed E-state index contributed by atoms with van der Waals surface area (Å²) in [6, 6.07) is 0. The smallest absolute Gasteiger partial charge is 0.303 e. The molecular formula is C10H14O5. The molecule has 15 heavy (non-hydrogen) atoms. The number of carbonyl (C=O) groups is 2. The molecule has 0 saturated heterocycles. The Morgan fingerprint density at radius 2 is 1.33 bits per heavy atom. The lowest BCUT2D eigenvalue weighted by Crippen LogP contribution is -1.91. The lowest BCUT2D eigenvalue weighted by atomic mass is 10.3. The van der Waals surface area contributed by atoms with Crippen molar-refractivity contribution in [2.45, 2.75) is 25.7 Å². The van der Waals surface area contributed by atoms with Gasteiger partial charge in [0.15, 0.2) is 0 Å². The van der Waals surface area contributed by atoms with Crippen LogP contribution in [0, 0.1) is 0 Å². The van der Waals surface area contributed by atoms with Gasteiger partial charge in [-0.15, -0.1) is 0 Å². The second-order valence-electron chi connectivity index (χ2n) is 2.74. The molecule has 0 unspecified atom stereocenters. The minimum atomic E-state index is -0.850. The Morgan fingerprint density at radius 3 is 1.67 bits per heavy atom. The number of hydrogen-bond donors (Lipinski definition) is 2. The van der Waals surface area contributed by atoms with E-state index in [1.165, 1.54) is 12.5 Å². The maximum absolute atomic E-state index is 10.1. The molecule has 0 amide bonds. The molecule has 0 bridgehead atoms. The van der Waals surface area contributed by atoms with Gasteiger partial charge in [-0.25, -0.2) is 0 Å². The fourth-order valence-electron chi connectivity index (χ4n) is 0.706. The van der Waals surface area contributed by atoms with Gasteiger partial charge in [-0.3, -0.25) is 9.59 Å². The van der Waals surface area contributed by atoms with Crippen molar-refractivity contribution >= 4 is 11.9 Å². The predicted octanol–water partition coefficient (Wildman–Crippen LogP) is 1.76. The molecule has 0 rings (SSSR count). The van der Waals surface area contributed by atoms with Crippen molar-refractivity contribution in [2.75, 3.05) is 0 Å². The standard InChI is InChI=1S/C10H14O5/c11-9(12)5-1-3-7-15-8-4-2-6-10(13)14/h3-4,7-8H,1-2,5-6H2,(H,11,12)(H,13,14). The third kappa shape index (κ3) is 12.2. The number of hydrogen-bond acceptors (Lipinski definition) is 3. The molecule has 0 atom stereocenters. The normalized spacial score (nSPS) is 10.9. The first kappa shape index (κ1) is 13.2. The number of ether oxygens (including phenoxy) is 1. The Kier molecular flexibility index (Phi) is 7.76. The van der Waals surface area contributed by atoms with Gasteiger partial charge in [0, 0.05) is 12.8 Å². The summed E-state index contributed by atoms with van der Waals surface area (Å²) in [4.78, 5) is 20.2. The van der Waals surface area contributed by atoms with Crippen LogP contribution < -0.4 is 0 Å². The molecule has 0 heterocycles. The highest BCUT2D eigenvalue weighted by molar-refractivity contribution is 5.67. The molecule has 0 saturated carbocycles. The number of allylic oxidation sites excluding steroid dienone is 2. The van der Waals surface area contributed by atoms with Crippen LogP contribution in [-0.2, 0) is 14.3 Å². The van der Waals surface area contributed by atoms with E-state index in [4.69, 9.17) is 14.9 Å². The minimum Gasteiger partial charge on any atom is -0.481 e. The Labute approximate surface area is 87.7 Å². The largest absolute Gasteiger partial charge is 0.481 e. The van der Waals surface area contributed by atoms with E-state index in [0.717, 1.165) is 0 Å². The lowest BCUT2D eigenvalue weighted by Gasteiger charge is -1.90. The van der Waals surface area contributed by atoms with Crippen LogP contribution in [-0.4, -0.2) is 22.2 Å². The van der Waals surface area contributed by atoms with E-state index in [-0.39, 0.29) is 12.8 Å². The average molecular weight is 214 g/mol. The van der Waals surface area contributed by atoms with Crippen molar-refractivity contribution < 1.29 is 24.5 Å². The zero-order valence-corrected chi connectivity index (χ0v) is 8.26. The van der Waals surface area contributed by atoms with Gasteiger partial charge in [0.05, 0.1) is 12.5 Å². The van der Waals surface area contributed by atoms with E-state index in [9.17, 15) is 9.59 Å². The molecule has 84 valence electrons. The fourth-order valence-corrected chi connectivity index (χ4v) is 0.706. The van der Waals surface area contributed by atoms with E-state index in [2.05, 4.69) is 0 Å². The summed E-state index contributed by atoms with van der Waals surface area (Å²) >= 11 is 0. The van der Waals surface area contributed by atoms with Gasteiger partial charge >= 0.3 is 11.9 Å². The van der Waals surface area contributed by atoms with Crippen LogP contribution in [0.3, 0.4) is 0 Å². The first-order chi connectivity index (χ1) is 7.13. The van der Waals surface area contributed by atoms with Gasteiger partial charge in [0.25, 0.3) is 0 Å². The molecule has 0 aliphatic rings. The Bertz CT molecular complexity index is 229. The molecule has 0 spiro atoms. The summed E-state index contributed by atoms with van der Waals surface area (Å²) in [6.45, 7) is 0. The maximum Gasteiger partial charge on any atom is 0.303 e. The second kappa shape index (κ2) is 8.80. The lowest BCUT2D eigenvalue weighted by molar-refractivity contribution is -0.137. The number of aliphatic carboxylic acids is 2. The number of rotatable bonds is 8. The minimum absolute atomic E-state index is 0.0720. The average Bonchev–Trinajstić information content (AvgIpc) is 2.14. The van der Waals surface area contributed by atoms with Crippen LogP contribution in [0.15, 0.2) is 24.7 Å². The van der Waals surface area contributed by atoms with Crippen molar-refractivity contribution in [2.24, 2.45) is 0 Å². The molecule has 0 aliphatic heterocycles. The summed E-state index contributed by atoms with van der Waals surface area (Å²) in [5, 5.41) is 16.6. The predicted molar refractivity (Wildman–Crippen MR) is 53.1 cm³/mol. The van der Waals surface area contributed by atoms with Crippen molar-refractivity contribution in [1.82, 2.24) is 0 Å². The van der Waals surface area contributed by atoms with E-state index in [1.54, 1.807) is 12.2 Å². The zero-order chi connectivity index (χ0) is 11.5. The monoisotopic (exact) mass is 214 g/mol. The number of carboxylic acid groups (broad SMARTS) is 2. The van der Waals surface area contributed by atoms with Crippen molar-refractivity contribution in [3.05, 3.63) is 24.7 Å². The summed E-state index contributed by atoms with van der Waals surface area (Å²) in [5.41, 5.74) is 0. The highest BCUT2D eigenvalue weighted by Gasteiger charge is 1.92. The van der Waals surface area contributed by atoms with Crippen LogP contribution in [0.2, 0.25) is 0 Å². The van der Waals surface area contributed by atoms with Gasteiger partial charge in [0.1, 0.15) is 0 Å². The van der Waals surface area contributed by atoms with Crippen LogP contribution in [0.25, 0.3) is 0 Å². The third-order valence-corrected chi connectivity index (χ3v) is 1.40. The molecular weight excluding hydrogens is 200 g/mol. The van der Waals surface area contributed by atoms with E-state index in [1.807, 2.05) is 0 Å². The SMILES string of the molecule is O=C(O)CCC=COC=CCCC(=O)O. The molecule has 5 heteroatoms. The van der Waals surface area contributed by atoms with Crippen LogP contribution in [0.5, 0.6) is 0 Å². The van der Waals surface area contributed by atoms with E-state index < -0.39 is 11.9 Å². The quantitative estimate of drug-likeness (QED) is 0.601. The second-order valence-corrected chi connectivity index (χ2v) is 2.74. The summed E-state index contributed by atoms with van der Waals surface area (Å²) in [7, 11) is 0. The summed E-state index contributed by atoms with van der Waals surface area (Å²) in [5.74, 6) is -1.70. The van der Waals surface area contributed by atoms with E-state index in [0.29, 0.717) is 12.8 Å². The van der Waals surface area contributed by atoms with Crippen molar-refractivity contribution in [3.63, 3.8) is 0 Å². The van der Waals surface area contributed by atoms with Crippen LogP contribution in [0.1, 0.15) is 25.7 Å². The maximum atomic E-state index is 10.1. The molecule has 0 fully saturated rings. The fraction of sp³-hybridized carbons (Fsp3) is 0.400. The molecule has 2 N–H and O–H groups in total. The molecule has 0 aromatic rings.